The fraction of sp³-hybridized carbons (Fsp3) is 0.130. The van der Waals surface area contributed by atoms with Gasteiger partial charge in [0.2, 0.25) is 5.95 Å². The van der Waals surface area contributed by atoms with Crippen molar-refractivity contribution in [2.75, 3.05) is 0 Å². The minimum Gasteiger partial charge on any atom is -0.281 e. The largest absolute Gasteiger partial charge is 0.281 e. The molecule has 0 amide bonds. The van der Waals surface area contributed by atoms with Crippen LogP contribution in [0.25, 0.3) is 50.4 Å². The molecule has 0 bridgehead atoms. The fourth-order valence-electron chi connectivity index (χ4n) is 9.43. The van der Waals surface area contributed by atoms with Crippen molar-refractivity contribution in [3.05, 3.63) is 185 Å². The molecule has 4 aromatic carbocycles. The minimum absolute atomic E-state index is 0.150. The van der Waals surface area contributed by atoms with Crippen molar-refractivity contribution >= 4 is 22.0 Å². The maximum absolute atomic E-state index is 5.48. The summed E-state index contributed by atoms with van der Waals surface area (Å²) in [6.07, 6.45) is 20.1. The molecule has 6 aromatic rings. The zero-order valence-corrected chi connectivity index (χ0v) is 27.0. The van der Waals surface area contributed by atoms with Gasteiger partial charge in [0.25, 0.3) is 0 Å². The number of rotatable bonds is 3. The second-order valence-electron chi connectivity index (χ2n) is 13.9. The molecule has 3 nitrogen and oxygen atoms in total. The van der Waals surface area contributed by atoms with E-state index >= 15 is 0 Å². The summed E-state index contributed by atoms with van der Waals surface area (Å²) in [7, 11) is 0. The van der Waals surface area contributed by atoms with Crippen LogP contribution in [0.15, 0.2) is 152 Å². The number of hydrogen-bond donors (Lipinski definition) is 0. The van der Waals surface area contributed by atoms with Gasteiger partial charge in [0.15, 0.2) is 0 Å². The first kappa shape index (κ1) is 27.2. The van der Waals surface area contributed by atoms with Crippen molar-refractivity contribution in [2.24, 2.45) is 5.92 Å². The predicted octanol–water partition coefficient (Wildman–Crippen LogP) is 10.8. The topological polar surface area (TPSA) is 30.7 Å². The first-order valence-corrected chi connectivity index (χ1v) is 17.6. The second-order valence-corrected chi connectivity index (χ2v) is 13.9. The summed E-state index contributed by atoms with van der Waals surface area (Å²) in [4.78, 5) is 10.9. The third-order valence-corrected chi connectivity index (χ3v) is 11.4. The third-order valence-electron chi connectivity index (χ3n) is 11.4. The predicted molar refractivity (Wildman–Crippen MR) is 200 cm³/mol. The Balaban J connectivity index is 1.29. The molecule has 2 aromatic heterocycles. The molecule has 11 rings (SSSR count). The molecule has 5 aliphatic rings. The van der Waals surface area contributed by atoms with Crippen molar-refractivity contribution in [3.8, 4) is 28.3 Å². The molecule has 49 heavy (non-hydrogen) atoms. The second kappa shape index (κ2) is 10.3. The van der Waals surface area contributed by atoms with Gasteiger partial charge < -0.3 is 0 Å². The molecule has 4 unspecified atom stereocenters. The average Bonchev–Trinajstić information content (AvgIpc) is 3.48. The standard InChI is InChI=1S/C46H33N3/c1-3-14-28(15-4-1)38-27-39(29-16-5-2-6-17-29)48-46(47-38)49-40-25-13-24-34-32-20-9-10-21-33(32)37-26-30-18-7-8-19-31(30)41-35-22-11-12-23-36(35)45(49)44(42(34)40)43(37)41/h1-16,18-25,27,29,35-37H,17,26H2. The summed E-state index contributed by atoms with van der Waals surface area (Å²) in [5.41, 5.74) is 17.0. The highest BCUT2D eigenvalue weighted by atomic mass is 15.2. The van der Waals surface area contributed by atoms with Crippen LogP contribution >= 0.6 is 0 Å². The van der Waals surface area contributed by atoms with Crippen molar-refractivity contribution in [2.45, 2.75) is 30.6 Å². The Morgan fingerprint density at radius 2 is 1.41 bits per heavy atom. The van der Waals surface area contributed by atoms with E-state index < -0.39 is 0 Å². The number of aromatic nitrogens is 3. The van der Waals surface area contributed by atoms with Gasteiger partial charge in [-0.15, -0.1) is 0 Å². The number of nitrogens with zero attached hydrogens (tertiary/aromatic N) is 3. The fourth-order valence-corrected chi connectivity index (χ4v) is 9.43. The van der Waals surface area contributed by atoms with Crippen LogP contribution in [-0.4, -0.2) is 14.5 Å². The van der Waals surface area contributed by atoms with Gasteiger partial charge in [0.1, 0.15) is 0 Å². The van der Waals surface area contributed by atoms with Crippen LogP contribution < -0.4 is 0 Å². The maximum Gasteiger partial charge on any atom is 0.235 e. The Hall–Kier alpha value is -5.80. The first-order chi connectivity index (χ1) is 24.3. The molecule has 0 fully saturated rings. The van der Waals surface area contributed by atoms with Crippen molar-refractivity contribution in [1.82, 2.24) is 14.5 Å². The van der Waals surface area contributed by atoms with E-state index in [1.165, 1.54) is 61.1 Å². The van der Waals surface area contributed by atoms with Crippen LogP contribution in [0.5, 0.6) is 0 Å². The van der Waals surface area contributed by atoms with E-state index in [1.807, 2.05) is 0 Å². The zero-order valence-electron chi connectivity index (χ0n) is 27.0. The summed E-state index contributed by atoms with van der Waals surface area (Å²) in [5, 5.41) is 1.33. The molecule has 0 aliphatic heterocycles. The number of hydrogen-bond acceptors (Lipinski definition) is 2. The lowest BCUT2D eigenvalue weighted by molar-refractivity contribution is 0.650. The van der Waals surface area contributed by atoms with E-state index in [1.54, 1.807) is 0 Å². The lowest BCUT2D eigenvalue weighted by Crippen LogP contribution is -2.27. The number of allylic oxidation sites excluding steroid dienone is 10. The van der Waals surface area contributed by atoms with Crippen LogP contribution in [0.3, 0.4) is 0 Å². The molecule has 5 aliphatic carbocycles. The molecule has 0 saturated heterocycles. The molecule has 3 heteroatoms. The van der Waals surface area contributed by atoms with Crippen molar-refractivity contribution in [1.29, 1.82) is 0 Å². The van der Waals surface area contributed by atoms with Gasteiger partial charge in [0.05, 0.1) is 16.9 Å². The van der Waals surface area contributed by atoms with Gasteiger partial charge in [-0.05, 0) is 63.9 Å². The quantitative estimate of drug-likeness (QED) is 0.195. The van der Waals surface area contributed by atoms with Crippen molar-refractivity contribution < 1.29 is 0 Å². The lowest BCUT2D eigenvalue weighted by atomic mass is 9.63. The van der Waals surface area contributed by atoms with Crippen LogP contribution in [0.1, 0.15) is 57.8 Å². The summed E-state index contributed by atoms with van der Waals surface area (Å²) in [5.74, 6) is 1.59. The van der Waals surface area contributed by atoms with Gasteiger partial charge in [-0.2, -0.15) is 0 Å². The van der Waals surface area contributed by atoms with Gasteiger partial charge in [-0.25, -0.2) is 9.97 Å². The molecule has 232 valence electrons. The van der Waals surface area contributed by atoms with Gasteiger partial charge in [-0.3, -0.25) is 4.57 Å². The third kappa shape index (κ3) is 3.84. The Morgan fingerprint density at radius 1 is 0.633 bits per heavy atom. The van der Waals surface area contributed by atoms with Crippen LogP contribution in [0, 0.1) is 5.92 Å². The van der Waals surface area contributed by atoms with Crippen LogP contribution in [-0.2, 0) is 6.42 Å². The van der Waals surface area contributed by atoms with E-state index in [4.69, 9.17) is 9.97 Å². The van der Waals surface area contributed by atoms with Gasteiger partial charge in [-0.1, -0.05) is 140 Å². The molecule has 4 atom stereocenters. The molecule has 2 heterocycles. The highest BCUT2D eigenvalue weighted by Crippen LogP contribution is 2.62. The lowest BCUT2D eigenvalue weighted by Gasteiger charge is -2.41. The Labute approximate surface area is 286 Å². The summed E-state index contributed by atoms with van der Waals surface area (Å²) in [6.45, 7) is 0. The Kier molecular flexibility index (Phi) is 5.74. The van der Waals surface area contributed by atoms with E-state index in [-0.39, 0.29) is 23.7 Å². The monoisotopic (exact) mass is 627 g/mol. The van der Waals surface area contributed by atoms with E-state index in [9.17, 15) is 0 Å². The first-order valence-electron chi connectivity index (χ1n) is 17.6. The Morgan fingerprint density at radius 3 is 2.29 bits per heavy atom. The van der Waals surface area contributed by atoms with Crippen molar-refractivity contribution in [3.63, 3.8) is 0 Å². The Bertz CT molecular complexity index is 2520. The maximum atomic E-state index is 5.48. The molecular weight excluding hydrogens is 595 g/mol. The van der Waals surface area contributed by atoms with E-state index in [0.29, 0.717) is 0 Å². The van der Waals surface area contributed by atoms with Gasteiger partial charge in [0, 0.05) is 45.9 Å². The molecule has 0 spiro atoms. The minimum atomic E-state index is 0.150. The highest BCUT2D eigenvalue weighted by Gasteiger charge is 2.46. The number of benzene rings is 4. The van der Waals surface area contributed by atoms with Crippen LogP contribution in [0.2, 0.25) is 0 Å². The summed E-state index contributed by atoms with van der Waals surface area (Å²) < 4.78 is 2.45. The zero-order chi connectivity index (χ0) is 32.1. The number of fused-ring (bicyclic) bond motifs is 8. The van der Waals surface area contributed by atoms with Gasteiger partial charge >= 0.3 is 0 Å². The van der Waals surface area contributed by atoms with E-state index in [0.717, 1.165) is 35.7 Å². The normalized spacial score (nSPS) is 22.1. The summed E-state index contributed by atoms with van der Waals surface area (Å²) in [6, 6.07) is 38.0. The molecular formula is C46H33N3. The molecule has 0 radical (unpaired) electrons. The smallest absolute Gasteiger partial charge is 0.235 e. The highest BCUT2D eigenvalue weighted by molar-refractivity contribution is 6.15. The average molecular weight is 628 g/mol. The van der Waals surface area contributed by atoms with E-state index in [2.05, 4.69) is 156 Å². The molecule has 0 N–H and O–H groups in total. The van der Waals surface area contributed by atoms with Crippen LogP contribution in [0.4, 0.5) is 0 Å². The SMILES string of the molecule is C1=CCC(c2cc(-c3ccccc3)nc(-n3c4c5c6c(cccc63)-c3ccccc3C3Cc6ccccc6C(=C53)C3C=CC=CC43)n2)C=C1. The molecule has 0 saturated carbocycles. The summed E-state index contributed by atoms with van der Waals surface area (Å²) >= 11 is 0.